The summed E-state index contributed by atoms with van der Waals surface area (Å²) in [7, 11) is 0. The number of aliphatic hydroxyl groups excluding tert-OH is 1. The fourth-order valence-electron chi connectivity index (χ4n) is 2.22. The molecule has 1 saturated heterocycles. The van der Waals surface area contributed by atoms with E-state index < -0.39 is 36.0 Å². The normalized spacial score (nSPS) is 28.1. The van der Waals surface area contributed by atoms with Gasteiger partial charge in [-0.2, -0.15) is 15.5 Å². The van der Waals surface area contributed by atoms with Crippen LogP contribution in [0, 0.1) is 23.2 Å². The summed E-state index contributed by atoms with van der Waals surface area (Å²) in [4.78, 5) is 22.4. The van der Waals surface area contributed by atoms with Crippen molar-refractivity contribution in [2.45, 2.75) is 19.2 Å². The molecule has 0 bridgehead atoms. The van der Waals surface area contributed by atoms with Gasteiger partial charge in [0.1, 0.15) is 12.0 Å². The summed E-state index contributed by atoms with van der Waals surface area (Å²) < 4.78 is 0. The number of rotatable bonds is 3. The van der Waals surface area contributed by atoms with E-state index in [-0.39, 0.29) is 5.56 Å². The summed E-state index contributed by atoms with van der Waals surface area (Å²) in [5, 5.41) is 37.9. The first-order chi connectivity index (χ1) is 10.4. The van der Waals surface area contributed by atoms with Gasteiger partial charge < -0.3 is 15.5 Å². The first-order valence-electron chi connectivity index (χ1n) is 6.56. The maximum absolute atomic E-state index is 11.6. The number of nitriles is 1. The van der Waals surface area contributed by atoms with Crippen LogP contribution in [0.3, 0.4) is 0 Å². The quantitative estimate of drug-likeness (QED) is 0.717. The predicted molar refractivity (Wildman–Crippen MR) is 74.1 cm³/mol. The molecule has 114 valence electrons. The molecule has 0 spiro atoms. The average molecular weight is 302 g/mol. The minimum atomic E-state index is -1.24. The second kappa shape index (κ2) is 6.32. The molecule has 1 aliphatic rings. The molecule has 4 unspecified atom stereocenters. The third kappa shape index (κ3) is 3.10. The molecule has 4 atom stereocenters. The number of piperidine rings is 1. The minimum absolute atomic E-state index is 0.0666. The van der Waals surface area contributed by atoms with Crippen LogP contribution < -0.4 is 5.32 Å². The lowest BCUT2D eigenvalue weighted by molar-refractivity contribution is -0.133. The molecule has 22 heavy (non-hydrogen) atoms. The molecule has 0 aliphatic carbocycles. The summed E-state index contributed by atoms with van der Waals surface area (Å²) in [5.74, 6) is -3.06. The van der Waals surface area contributed by atoms with Crippen LogP contribution in [0.25, 0.3) is 0 Å². The van der Waals surface area contributed by atoms with Crippen molar-refractivity contribution in [2.24, 2.45) is 22.1 Å². The van der Waals surface area contributed by atoms with Gasteiger partial charge in [-0.1, -0.05) is 13.0 Å². The Morgan fingerprint density at radius 2 is 2.18 bits per heavy atom. The smallest absolute Gasteiger partial charge is 0.335 e. The highest BCUT2D eigenvalue weighted by molar-refractivity contribution is 5.88. The molecule has 0 radical (unpaired) electrons. The van der Waals surface area contributed by atoms with Crippen molar-refractivity contribution in [2.75, 3.05) is 0 Å². The van der Waals surface area contributed by atoms with Gasteiger partial charge in [0, 0.05) is 5.92 Å². The van der Waals surface area contributed by atoms with E-state index in [1.54, 1.807) is 13.0 Å². The molecule has 0 aromatic heterocycles. The van der Waals surface area contributed by atoms with Crippen LogP contribution in [0.15, 0.2) is 34.5 Å². The number of carbonyl (C=O) groups is 2. The molecule has 1 aliphatic heterocycles. The molecule has 1 heterocycles. The standard InChI is InChI=1S/C14H14N4O4/c1-7-10(6-15)12(19)16-13(20)11(7)18-17-9-4-2-3-8(5-9)14(21)22/h2-5,7,10-11,13,20H,1H3,(H,16,19)(H,21,22). The number of hydrogen-bond donors (Lipinski definition) is 3. The van der Waals surface area contributed by atoms with Gasteiger partial charge in [0.2, 0.25) is 5.91 Å². The number of carboxylic acids is 1. The molecule has 1 fully saturated rings. The third-order valence-corrected chi connectivity index (χ3v) is 3.50. The molecular weight excluding hydrogens is 288 g/mol. The Morgan fingerprint density at radius 1 is 1.45 bits per heavy atom. The van der Waals surface area contributed by atoms with Crippen molar-refractivity contribution < 1.29 is 19.8 Å². The summed E-state index contributed by atoms with van der Waals surface area (Å²) in [6, 6.07) is 6.95. The number of aliphatic hydroxyl groups is 1. The minimum Gasteiger partial charge on any atom is -0.478 e. The molecule has 2 rings (SSSR count). The Kier molecular flexibility index (Phi) is 4.48. The number of amides is 1. The molecule has 8 heteroatoms. The lowest BCUT2D eigenvalue weighted by Crippen LogP contribution is -2.55. The second-order valence-corrected chi connectivity index (χ2v) is 4.98. The van der Waals surface area contributed by atoms with Crippen molar-refractivity contribution in [3.63, 3.8) is 0 Å². The fourth-order valence-corrected chi connectivity index (χ4v) is 2.22. The first-order valence-corrected chi connectivity index (χ1v) is 6.56. The van der Waals surface area contributed by atoms with Crippen LogP contribution in [0.2, 0.25) is 0 Å². The van der Waals surface area contributed by atoms with Crippen molar-refractivity contribution in [1.82, 2.24) is 5.32 Å². The maximum Gasteiger partial charge on any atom is 0.335 e. The van der Waals surface area contributed by atoms with E-state index in [1.165, 1.54) is 18.2 Å². The van der Waals surface area contributed by atoms with E-state index in [9.17, 15) is 14.7 Å². The van der Waals surface area contributed by atoms with Gasteiger partial charge in [0.25, 0.3) is 0 Å². The molecule has 1 amide bonds. The highest BCUT2D eigenvalue weighted by Gasteiger charge is 2.41. The van der Waals surface area contributed by atoms with Crippen LogP contribution in [0.5, 0.6) is 0 Å². The van der Waals surface area contributed by atoms with Crippen molar-refractivity contribution in [3.8, 4) is 6.07 Å². The Balaban J connectivity index is 2.21. The molecular formula is C14H14N4O4. The Bertz CT molecular complexity index is 667. The van der Waals surface area contributed by atoms with Gasteiger partial charge in [-0.15, -0.1) is 0 Å². The van der Waals surface area contributed by atoms with Gasteiger partial charge in [-0.3, -0.25) is 4.79 Å². The van der Waals surface area contributed by atoms with Crippen LogP contribution >= 0.6 is 0 Å². The van der Waals surface area contributed by atoms with Crippen LogP contribution in [-0.4, -0.2) is 34.4 Å². The van der Waals surface area contributed by atoms with E-state index in [2.05, 4.69) is 15.5 Å². The number of azo groups is 1. The highest BCUT2D eigenvalue weighted by atomic mass is 16.4. The molecule has 0 saturated carbocycles. The molecule has 1 aromatic carbocycles. The Labute approximate surface area is 126 Å². The van der Waals surface area contributed by atoms with E-state index >= 15 is 0 Å². The molecule has 1 aromatic rings. The third-order valence-electron chi connectivity index (χ3n) is 3.50. The number of carbonyl (C=O) groups excluding carboxylic acids is 1. The monoisotopic (exact) mass is 302 g/mol. The number of carboxylic acid groups (broad SMARTS) is 1. The fraction of sp³-hybridized carbons (Fsp3) is 0.357. The maximum atomic E-state index is 11.6. The summed E-state index contributed by atoms with van der Waals surface area (Å²) in [5.41, 5.74) is 0.376. The van der Waals surface area contributed by atoms with E-state index in [0.29, 0.717) is 5.69 Å². The zero-order valence-corrected chi connectivity index (χ0v) is 11.7. The van der Waals surface area contributed by atoms with E-state index in [1.807, 2.05) is 6.07 Å². The van der Waals surface area contributed by atoms with Gasteiger partial charge >= 0.3 is 5.97 Å². The first kappa shape index (κ1) is 15.6. The lowest BCUT2D eigenvalue weighted by Gasteiger charge is -2.32. The van der Waals surface area contributed by atoms with Crippen molar-refractivity contribution in [3.05, 3.63) is 29.8 Å². The number of hydrogen-bond acceptors (Lipinski definition) is 6. The average Bonchev–Trinajstić information content (AvgIpc) is 2.47. The van der Waals surface area contributed by atoms with Crippen LogP contribution in [0.1, 0.15) is 17.3 Å². The summed E-state index contributed by atoms with van der Waals surface area (Å²) in [6.45, 7) is 1.63. The molecule has 8 nitrogen and oxygen atoms in total. The number of nitrogens with one attached hydrogen (secondary N) is 1. The van der Waals surface area contributed by atoms with E-state index in [4.69, 9.17) is 10.4 Å². The number of benzene rings is 1. The van der Waals surface area contributed by atoms with Crippen LogP contribution in [-0.2, 0) is 4.79 Å². The van der Waals surface area contributed by atoms with Crippen molar-refractivity contribution in [1.29, 1.82) is 5.26 Å². The van der Waals surface area contributed by atoms with E-state index in [0.717, 1.165) is 0 Å². The largest absolute Gasteiger partial charge is 0.478 e. The number of aromatic carboxylic acids is 1. The van der Waals surface area contributed by atoms with Gasteiger partial charge in [-0.05, 0) is 18.2 Å². The topological polar surface area (TPSA) is 135 Å². The zero-order chi connectivity index (χ0) is 16.3. The lowest BCUT2D eigenvalue weighted by atomic mass is 9.84. The van der Waals surface area contributed by atoms with Gasteiger partial charge in [0.15, 0.2) is 6.23 Å². The highest BCUT2D eigenvalue weighted by Crippen LogP contribution is 2.26. The number of nitrogens with zero attached hydrogens (tertiary/aromatic N) is 3. The molecule has 3 N–H and O–H groups in total. The van der Waals surface area contributed by atoms with Crippen molar-refractivity contribution >= 4 is 17.6 Å². The van der Waals surface area contributed by atoms with Crippen LogP contribution in [0.4, 0.5) is 5.69 Å². The SMILES string of the molecule is CC1C(C#N)C(=O)NC(O)C1N=Nc1cccc(C(=O)O)c1. The zero-order valence-electron chi connectivity index (χ0n) is 11.7. The second-order valence-electron chi connectivity index (χ2n) is 4.98. The van der Waals surface area contributed by atoms with Gasteiger partial charge in [0.05, 0.1) is 17.3 Å². The Hall–Kier alpha value is -2.79. The van der Waals surface area contributed by atoms with Gasteiger partial charge in [-0.25, -0.2) is 4.79 Å². The Morgan fingerprint density at radius 3 is 2.82 bits per heavy atom. The predicted octanol–water partition coefficient (Wildman–Crippen LogP) is 1.06. The summed E-state index contributed by atoms with van der Waals surface area (Å²) >= 11 is 0. The summed E-state index contributed by atoms with van der Waals surface area (Å²) in [6.07, 6.45) is -1.24.